The number of anilines is 1. The first-order valence-electron chi connectivity index (χ1n) is 12.1. The monoisotopic (exact) mass is 476 g/mol. The molecular formula is C25H40N4O5. The van der Waals surface area contributed by atoms with Crippen LogP contribution < -0.4 is 15.4 Å². The van der Waals surface area contributed by atoms with Gasteiger partial charge in [0.1, 0.15) is 12.4 Å². The molecule has 0 bridgehead atoms. The SMILES string of the molecule is CCCNC(=O)N1C[C@@H](C)[C@H](OC)CN(C)C(=O)c2ccc(NC(=O)CCC)cc2OC[C@@H]1C. The Morgan fingerprint density at radius 1 is 1.18 bits per heavy atom. The van der Waals surface area contributed by atoms with Crippen molar-refractivity contribution in [2.75, 3.05) is 45.7 Å². The zero-order valence-electron chi connectivity index (χ0n) is 21.3. The number of urea groups is 1. The van der Waals surface area contributed by atoms with Crippen LogP contribution in [0, 0.1) is 5.92 Å². The fourth-order valence-corrected chi connectivity index (χ4v) is 3.92. The Morgan fingerprint density at radius 3 is 2.56 bits per heavy atom. The molecule has 2 rings (SSSR count). The molecule has 0 aromatic heterocycles. The number of benzene rings is 1. The lowest BCUT2D eigenvalue weighted by Gasteiger charge is -2.36. The minimum atomic E-state index is -0.254. The van der Waals surface area contributed by atoms with Gasteiger partial charge in [0, 0.05) is 57.9 Å². The van der Waals surface area contributed by atoms with Crippen LogP contribution in [0.5, 0.6) is 5.75 Å². The summed E-state index contributed by atoms with van der Waals surface area (Å²) < 4.78 is 11.8. The first-order valence-corrected chi connectivity index (χ1v) is 12.1. The number of hydrogen-bond acceptors (Lipinski definition) is 5. The van der Waals surface area contributed by atoms with E-state index in [1.54, 1.807) is 42.2 Å². The maximum Gasteiger partial charge on any atom is 0.317 e. The molecule has 0 saturated heterocycles. The highest BCUT2D eigenvalue weighted by Crippen LogP contribution is 2.27. The van der Waals surface area contributed by atoms with Crippen LogP contribution in [0.25, 0.3) is 0 Å². The molecule has 2 N–H and O–H groups in total. The smallest absolute Gasteiger partial charge is 0.317 e. The van der Waals surface area contributed by atoms with Gasteiger partial charge in [0.15, 0.2) is 0 Å². The van der Waals surface area contributed by atoms with Crippen LogP contribution in [0.4, 0.5) is 10.5 Å². The number of ether oxygens (including phenoxy) is 2. The first-order chi connectivity index (χ1) is 16.2. The lowest BCUT2D eigenvalue weighted by molar-refractivity contribution is -0.116. The van der Waals surface area contributed by atoms with E-state index in [0.29, 0.717) is 43.1 Å². The van der Waals surface area contributed by atoms with Crippen molar-refractivity contribution < 1.29 is 23.9 Å². The van der Waals surface area contributed by atoms with Crippen LogP contribution in [0.1, 0.15) is 57.3 Å². The van der Waals surface area contributed by atoms with E-state index in [9.17, 15) is 14.4 Å². The summed E-state index contributed by atoms with van der Waals surface area (Å²) in [5.41, 5.74) is 0.960. The van der Waals surface area contributed by atoms with Gasteiger partial charge in [0.05, 0.1) is 17.7 Å². The number of carbonyl (C=O) groups is 3. The van der Waals surface area contributed by atoms with E-state index in [1.165, 1.54) is 0 Å². The lowest BCUT2D eigenvalue weighted by Crippen LogP contribution is -2.51. The zero-order valence-corrected chi connectivity index (χ0v) is 21.3. The van der Waals surface area contributed by atoms with E-state index in [2.05, 4.69) is 10.6 Å². The second kappa shape index (κ2) is 13.2. The Bertz CT molecular complexity index is 847. The number of carbonyl (C=O) groups excluding carboxylic acids is 3. The van der Waals surface area contributed by atoms with Crippen molar-refractivity contribution in [1.29, 1.82) is 0 Å². The molecule has 0 saturated carbocycles. The maximum atomic E-state index is 13.3. The quantitative estimate of drug-likeness (QED) is 0.656. The topological polar surface area (TPSA) is 100 Å². The third-order valence-corrected chi connectivity index (χ3v) is 5.99. The molecule has 1 aliphatic rings. The molecule has 9 heteroatoms. The Morgan fingerprint density at radius 2 is 1.91 bits per heavy atom. The average Bonchev–Trinajstić information content (AvgIpc) is 2.81. The summed E-state index contributed by atoms with van der Waals surface area (Å²) in [4.78, 5) is 41.6. The molecule has 1 aliphatic heterocycles. The van der Waals surface area contributed by atoms with Crippen LogP contribution in [-0.4, -0.2) is 80.2 Å². The number of nitrogens with one attached hydrogen (secondary N) is 2. The molecule has 3 atom stereocenters. The van der Waals surface area contributed by atoms with E-state index >= 15 is 0 Å². The van der Waals surface area contributed by atoms with Crippen LogP contribution >= 0.6 is 0 Å². The highest BCUT2D eigenvalue weighted by Gasteiger charge is 2.30. The van der Waals surface area contributed by atoms with Gasteiger partial charge in [-0.05, 0) is 31.9 Å². The van der Waals surface area contributed by atoms with E-state index < -0.39 is 0 Å². The maximum absolute atomic E-state index is 13.3. The summed E-state index contributed by atoms with van der Waals surface area (Å²) in [6.45, 7) is 9.50. The molecule has 0 aliphatic carbocycles. The van der Waals surface area contributed by atoms with Crippen LogP contribution in [0.2, 0.25) is 0 Å². The molecule has 34 heavy (non-hydrogen) atoms. The van der Waals surface area contributed by atoms with Crippen LogP contribution in [-0.2, 0) is 9.53 Å². The van der Waals surface area contributed by atoms with Gasteiger partial charge in [-0.3, -0.25) is 9.59 Å². The molecular weight excluding hydrogens is 436 g/mol. The molecule has 0 spiro atoms. The zero-order chi connectivity index (χ0) is 25.3. The average molecular weight is 477 g/mol. The van der Waals surface area contributed by atoms with E-state index in [0.717, 1.165) is 12.8 Å². The van der Waals surface area contributed by atoms with Crippen molar-refractivity contribution >= 4 is 23.5 Å². The molecule has 9 nitrogen and oxygen atoms in total. The highest BCUT2D eigenvalue weighted by atomic mass is 16.5. The molecule has 190 valence electrons. The molecule has 1 aromatic carbocycles. The first kappa shape index (κ1) is 27.4. The van der Waals surface area contributed by atoms with Gasteiger partial charge in [0.2, 0.25) is 5.91 Å². The number of rotatable bonds is 6. The van der Waals surface area contributed by atoms with Gasteiger partial charge >= 0.3 is 6.03 Å². The minimum Gasteiger partial charge on any atom is -0.491 e. The van der Waals surface area contributed by atoms with Crippen molar-refractivity contribution in [1.82, 2.24) is 15.1 Å². The van der Waals surface area contributed by atoms with Gasteiger partial charge in [-0.2, -0.15) is 0 Å². The highest BCUT2D eigenvalue weighted by molar-refractivity contribution is 5.98. The molecule has 1 aromatic rings. The van der Waals surface area contributed by atoms with Crippen molar-refractivity contribution in [2.45, 2.75) is 59.1 Å². The largest absolute Gasteiger partial charge is 0.491 e. The summed E-state index contributed by atoms with van der Waals surface area (Å²) in [6, 6.07) is 4.64. The number of fused-ring (bicyclic) bond motifs is 1. The number of nitrogens with zero attached hydrogens (tertiary/aromatic N) is 2. The molecule has 1 heterocycles. The number of likely N-dealkylation sites (N-methyl/N-ethyl adjacent to an activating group) is 1. The summed E-state index contributed by atoms with van der Waals surface area (Å²) in [5.74, 6) is 0.0733. The second-order valence-electron chi connectivity index (χ2n) is 8.99. The third kappa shape index (κ3) is 7.35. The van der Waals surface area contributed by atoms with Crippen molar-refractivity contribution in [2.24, 2.45) is 5.92 Å². The fraction of sp³-hybridized carbons (Fsp3) is 0.640. The summed E-state index contributed by atoms with van der Waals surface area (Å²) >= 11 is 0. The number of hydrogen-bond donors (Lipinski definition) is 2. The van der Waals surface area contributed by atoms with Gasteiger partial charge in [0.25, 0.3) is 5.91 Å². The second-order valence-corrected chi connectivity index (χ2v) is 8.99. The van der Waals surface area contributed by atoms with Gasteiger partial charge in [-0.1, -0.05) is 20.8 Å². The number of amides is 4. The molecule has 0 radical (unpaired) electrons. The van der Waals surface area contributed by atoms with Crippen LogP contribution in [0.3, 0.4) is 0 Å². The Labute approximate surface area is 203 Å². The molecule has 0 fully saturated rings. The van der Waals surface area contributed by atoms with Crippen LogP contribution in [0.15, 0.2) is 18.2 Å². The van der Waals surface area contributed by atoms with Gasteiger partial charge < -0.3 is 29.9 Å². The predicted octanol–water partition coefficient (Wildman–Crippen LogP) is 3.35. The number of methoxy groups -OCH3 is 1. The van der Waals surface area contributed by atoms with Crippen molar-refractivity contribution in [3.63, 3.8) is 0 Å². The third-order valence-electron chi connectivity index (χ3n) is 5.99. The van der Waals surface area contributed by atoms with E-state index in [-0.39, 0.29) is 42.5 Å². The van der Waals surface area contributed by atoms with Gasteiger partial charge in [-0.25, -0.2) is 4.79 Å². The van der Waals surface area contributed by atoms with Crippen molar-refractivity contribution in [3.05, 3.63) is 23.8 Å². The van der Waals surface area contributed by atoms with E-state index in [1.807, 2.05) is 27.7 Å². The standard InChI is InChI=1S/C25H40N4O5/c1-7-9-23(30)27-19-10-11-20-21(13-19)34-16-18(4)29(25(32)26-12-8-2)14-17(3)22(33-6)15-28(5)24(20)31/h10-11,13,17-18,22H,7-9,12,14-16H2,1-6H3,(H,26,32)(H,27,30)/t17-,18+,22-/m1/s1. The predicted molar refractivity (Wildman–Crippen MR) is 132 cm³/mol. The summed E-state index contributed by atoms with van der Waals surface area (Å²) in [7, 11) is 3.35. The van der Waals surface area contributed by atoms with Crippen molar-refractivity contribution in [3.8, 4) is 5.75 Å². The Kier molecular flexibility index (Phi) is 10.6. The molecule has 4 amide bonds. The lowest BCUT2D eigenvalue weighted by atomic mass is 10.0. The van der Waals surface area contributed by atoms with Gasteiger partial charge in [-0.15, -0.1) is 0 Å². The summed E-state index contributed by atoms with van der Waals surface area (Å²) in [5, 5.41) is 5.80. The summed E-state index contributed by atoms with van der Waals surface area (Å²) in [6.07, 6.45) is 1.74. The molecule has 0 unspecified atom stereocenters. The fourth-order valence-electron chi connectivity index (χ4n) is 3.92. The van der Waals surface area contributed by atoms with E-state index in [4.69, 9.17) is 9.47 Å². The minimum absolute atomic E-state index is 0.00914. The Hall–Kier alpha value is -2.81. The normalized spacial score (nSPS) is 21.6. The Balaban J connectivity index is 2.40.